The van der Waals surface area contributed by atoms with Crippen molar-refractivity contribution in [2.45, 2.75) is 39.7 Å². The molecule has 0 aromatic heterocycles. The fraction of sp³-hybridized carbons (Fsp3) is 1.00. The Morgan fingerprint density at radius 3 is 2.60 bits per heavy atom. The predicted molar refractivity (Wildman–Crippen MR) is 64.2 cm³/mol. The molecule has 0 radical (unpaired) electrons. The first kappa shape index (κ1) is 14.9. The number of nitrogens with one attached hydrogen (secondary N) is 1. The summed E-state index contributed by atoms with van der Waals surface area (Å²) in [5.74, 6) is 0.677. The molecule has 0 saturated heterocycles. The van der Waals surface area contributed by atoms with E-state index in [1.165, 1.54) is 12.8 Å². The first-order valence-corrected chi connectivity index (χ1v) is 6.01. The summed E-state index contributed by atoms with van der Waals surface area (Å²) in [4.78, 5) is 0. The molecule has 2 unspecified atom stereocenters. The van der Waals surface area contributed by atoms with Crippen molar-refractivity contribution < 1.29 is 9.47 Å². The predicted octanol–water partition coefficient (Wildman–Crippen LogP) is 2.06. The van der Waals surface area contributed by atoms with E-state index in [0.717, 1.165) is 26.3 Å². The molecule has 0 aliphatic rings. The van der Waals surface area contributed by atoms with E-state index < -0.39 is 0 Å². The smallest absolute Gasteiger partial charge is 0.0671 e. The van der Waals surface area contributed by atoms with E-state index in [1.54, 1.807) is 7.11 Å². The minimum absolute atomic E-state index is 0.293. The highest BCUT2D eigenvalue weighted by Gasteiger charge is 2.05. The molecule has 3 heteroatoms. The highest BCUT2D eigenvalue weighted by Crippen LogP contribution is 2.06. The summed E-state index contributed by atoms with van der Waals surface area (Å²) >= 11 is 0. The van der Waals surface area contributed by atoms with Crippen molar-refractivity contribution in [3.8, 4) is 0 Å². The van der Waals surface area contributed by atoms with Gasteiger partial charge >= 0.3 is 0 Å². The molecule has 0 aromatic rings. The Kier molecular flexibility index (Phi) is 10.3. The molecule has 15 heavy (non-hydrogen) atoms. The van der Waals surface area contributed by atoms with Crippen LogP contribution < -0.4 is 5.32 Å². The third-order valence-electron chi connectivity index (χ3n) is 2.36. The fourth-order valence-electron chi connectivity index (χ4n) is 1.44. The van der Waals surface area contributed by atoms with Gasteiger partial charge in [0.05, 0.1) is 12.7 Å². The Labute approximate surface area is 94.5 Å². The number of hydrogen-bond acceptors (Lipinski definition) is 3. The van der Waals surface area contributed by atoms with Gasteiger partial charge in [0.15, 0.2) is 0 Å². The molecule has 0 spiro atoms. The van der Waals surface area contributed by atoms with Crippen molar-refractivity contribution in [3.63, 3.8) is 0 Å². The summed E-state index contributed by atoms with van der Waals surface area (Å²) < 4.78 is 10.7. The Balaban J connectivity index is 3.28. The summed E-state index contributed by atoms with van der Waals surface area (Å²) in [6.07, 6.45) is 2.79. The van der Waals surface area contributed by atoms with Crippen LogP contribution in [-0.4, -0.2) is 39.5 Å². The molecule has 2 atom stereocenters. The molecule has 0 aromatic carbocycles. The molecule has 1 N–H and O–H groups in total. The van der Waals surface area contributed by atoms with Crippen LogP contribution in [0.2, 0.25) is 0 Å². The normalized spacial score (nSPS) is 15.2. The third-order valence-corrected chi connectivity index (χ3v) is 2.36. The largest absolute Gasteiger partial charge is 0.383 e. The maximum Gasteiger partial charge on any atom is 0.0671 e. The summed E-state index contributed by atoms with van der Waals surface area (Å²) in [7, 11) is 1.72. The maximum absolute atomic E-state index is 5.73. The van der Waals surface area contributed by atoms with Gasteiger partial charge in [0, 0.05) is 26.8 Å². The van der Waals surface area contributed by atoms with Crippen LogP contribution in [0.15, 0.2) is 0 Å². The van der Waals surface area contributed by atoms with E-state index in [2.05, 4.69) is 26.1 Å². The van der Waals surface area contributed by atoms with Crippen LogP contribution >= 0.6 is 0 Å². The van der Waals surface area contributed by atoms with Crippen LogP contribution in [0.25, 0.3) is 0 Å². The lowest BCUT2D eigenvalue weighted by Gasteiger charge is -2.17. The van der Waals surface area contributed by atoms with Crippen molar-refractivity contribution in [2.75, 3.05) is 33.4 Å². The number of methoxy groups -OCH3 is 1. The van der Waals surface area contributed by atoms with E-state index in [4.69, 9.17) is 9.47 Å². The Morgan fingerprint density at radius 1 is 1.27 bits per heavy atom. The SMILES string of the molecule is CCCC(C)COC(C)CNCCOC. The molecule has 0 fully saturated rings. The fourth-order valence-corrected chi connectivity index (χ4v) is 1.44. The summed E-state index contributed by atoms with van der Waals surface area (Å²) in [6, 6.07) is 0. The van der Waals surface area contributed by atoms with E-state index in [0.29, 0.717) is 12.0 Å². The topological polar surface area (TPSA) is 30.5 Å². The average Bonchev–Trinajstić information content (AvgIpc) is 2.22. The number of hydrogen-bond donors (Lipinski definition) is 1. The van der Waals surface area contributed by atoms with Crippen LogP contribution in [0.3, 0.4) is 0 Å². The molecule has 0 saturated carbocycles. The highest BCUT2D eigenvalue weighted by atomic mass is 16.5. The van der Waals surface area contributed by atoms with Crippen molar-refractivity contribution in [1.29, 1.82) is 0 Å². The molecule has 3 nitrogen and oxygen atoms in total. The second-order valence-electron chi connectivity index (χ2n) is 4.23. The summed E-state index contributed by atoms with van der Waals surface area (Å²) in [5, 5.41) is 3.29. The molecule has 0 heterocycles. The monoisotopic (exact) mass is 217 g/mol. The second kappa shape index (κ2) is 10.4. The summed E-state index contributed by atoms with van der Waals surface area (Å²) in [6.45, 7) is 10.0. The Bertz CT molecular complexity index is 131. The Hall–Kier alpha value is -0.120. The first-order valence-electron chi connectivity index (χ1n) is 6.01. The average molecular weight is 217 g/mol. The van der Waals surface area contributed by atoms with Crippen molar-refractivity contribution in [1.82, 2.24) is 5.32 Å². The van der Waals surface area contributed by atoms with E-state index >= 15 is 0 Å². The summed E-state index contributed by atoms with van der Waals surface area (Å²) in [5.41, 5.74) is 0. The minimum Gasteiger partial charge on any atom is -0.383 e. The van der Waals surface area contributed by atoms with Crippen LogP contribution in [0.5, 0.6) is 0 Å². The van der Waals surface area contributed by atoms with E-state index in [-0.39, 0.29) is 0 Å². The van der Waals surface area contributed by atoms with Crippen molar-refractivity contribution in [3.05, 3.63) is 0 Å². The van der Waals surface area contributed by atoms with Crippen LogP contribution in [0.1, 0.15) is 33.6 Å². The van der Waals surface area contributed by atoms with Crippen LogP contribution in [0, 0.1) is 5.92 Å². The van der Waals surface area contributed by atoms with E-state index in [9.17, 15) is 0 Å². The van der Waals surface area contributed by atoms with Gasteiger partial charge < -0.3 is 14.8 Å². The van der Waals surface area contributed by atoms with Gasteiger partial charge in [0.2, 0.25) is 0 Å². The Morgan fingerprint density at radius 2 is 2.00 bits per heavy atom. The van der Waals surface area contributed by atoms with Crippen molar-refractivity contribution in [2.24, 2.45) is 5.92 Å². The molecule has 0 aliphatic heterocycles. The number of ether oxygens (including phenoxy) is 2. The van der Waals surface area contributed by atoms with Gasteiger partial charge in [-0.15, -0.1) is 0 Å². The minimum atomic E-state index is 0.293. The standard InChI is InChI=1S/C12H27NO2/c1-5-6-11(2)10-15-12(3)9-13-7-8-14-4/h11-13H,5-10H2,1-4H3. The van der Waals surface area contributed by atoms with Gasteiger partial charge in [-0.25, -0.2) is 0 Å². The second-order valence-corrected chi connectivity index (χ2v) is 4.23. The van der Waals surface area contributed by atoms with E-state index in [1.807, 2.05) is 0 Å². The maximum atomic E-state index is 5.73. The molecule has 0 rings (SSSR count). The lowest BCUT2D eigenvalue weighted by atomic mass is 10.1. The van der Waals surface area contributed by atoms with Gasteiger partial charge in [-0.1, -0.05) is 20.3 Å². The lowest BCUT2D eigenvalue weighted by Crippen LogP contribution is -2.30. The molecule has 0 aliphatic carbocycles. The van der Waals surface area contributed by atoms with Gasteiger partial charge in [0.1, 0.15) is 0 Å². The van der Waals surface area contributed by atoms with Crippen molar-refractivity contribution >= 4 is 0 Å². The van der Waals surface area contributed by atoms with Gasteiger partial charge in [-0.2, -0.15) is 0 Å². The lowest BCUT2D eigenvalue weighted by molar-refractivity contribution is 0.0413. The zero-order valence-corrected chi connectivity index (χ0v) is 10.7. The van der Waals surface area contributed by atoms with Gasteiger partial charge in [-0.3, -0.25) is 0 Å². The molecule has 0 amide bonds. The molecule has 92 valence electrons. The quantitative estimate of drug-likeness (QED) is 0.568. The van der Waals surface area contributed by atoms with Gasteiger partial charge in [0.25, 0.3) is 0 Å². The highest BCUT2D eigenvalue weighted by molar-refractivity contribution is 4.57. The number of rotatable bonds is 10. The zero-order chi connectivity index (χ0) is 11.5. The molecule has 0 bridgehead atoms. The first-order chi connectivity index (χ1) is 7.20. The van der Waals surface area contributed by atoms with Crippen LogP contribution in [0.4, 0.5) is 0 Å². The van der Waals surface area contributed by atoms with Gasteiger partial charge in [-0.05, 0) is 19.3 Å². The van der Waals surface area contributed by atoms with Crippen LogP contribution in [-0.2, 0) is 9.47 Å². The molecular formula is C12H27NO2. The third kappa shape index (κ3) is 10.2. The zero-order valence-electron chi connectivity index (χ0n) is 10.7. The molecular weight excluding hydrogens is 190 g/mol.